The second-order valence-electron chi connectivity index (χ2n) is 4.96. The molecule has 24 heavy (non-hydrogen) atoms. The average Bonchev–Trinajstić information content (AvgIpc) is 2.54. The Bertz CT molecular complexity index is 880. The molecule has 2 aromatic rings. The second kappa shape index (κ2) is 6.84. The third kappa shape index (κ3) is 3.26. The SMILES string of the molecule is O=C1NC(=S)N(c2ccc(Cl)cc2)C(=O)C1=Cc1ccccc1Br. The van der Waals surface area contributed by atoms with Gasteiger partial charge in [0, 0.05) is 9.50 Å². The van der Waals surface area contributed by atoms with Crippen LogP contribution in [0.1, 0.15) is 5.56 Å². The molecule has 0 radical (unpaired) electrons. The van der Waals surface area contributed by atoms with Crippen LogP contribution in [-0.4, -0.2) is 16.9 Å². The quantitative estimate of drug-likeness (QED) is 0.454. The number of halogens is 2. The number of nitrogens with zero attached hydrogens (tertiary/aromatic N) is 1. The molecule has 7 heteroatoms. The van der Waals surface area contributed by atoms with Gasteiger partial charge in [0.2, 0.25) is 0 Å². The summed E-state index contributed by atoms with van der Waals surface area (Å²) < 4.78 is 0.782. The third-order valence-corrected chi connectivity index (χ3v) is 4.65. The molecule has 1 saturated heterocycles. The number of benzene rings is 2. The molecular formula is C17H10BrClN2O2S. The molecule has 1 aliphatic heterocycles. The van der Waals surface area contributed by atoms with E-state index in [-0.39, 0.29) is 10.7 Å². The van der Waals surface area contributed by atoms with Crippen molar-refractivity contribution in [2.24, 2.45) is 0 Å². The first-order valence-corrected chi connectivity index (χ1v) is 8.47. The van der Waals surface area contributed by atoms with Crippen molar-refractivity contribution < 1.29 is 9.59 Å². The maximum Gasteiger partial charge on any atom is 0.270 e. The minimum atomic E-state index is -0.522. The summed E-state index contributed by atoms with van der Waals surface area (Å²) in [4.78, 5) is 26.3. The molecule has 3 rings (SSSR count). The van der Waals surface area contributed by atoms with Crippen LogP contribution in [0, 0.1) is 0 Å². The van der Waals surface area contributed by atoms with Crippen molar-refractivity contribution in [2.75, 3.05) is 4.90 Å². The molecule has 1 aliphatic rings. The van der Waals surface area contributed by atoms with Crippen LogP contribution in [-0.2, 0) is 9.59 Å². The zero-order valence-electron chi connectivity index (χ0n) is 12.1. The summed E-state index contributed by atoms with van der Waals surface area (Å²) in [5.41, 5.74) is 1.26. The number of anilines is 1. The highest BCUT2D eigenvalue weighted by Crippen LogP contribution is 2.25. The molecular weight excluding hydrogens is 412 g/mol. The number of nitrogens with one attached hydrogen (secondary N) is 1. The Kier molecular flexibility index (Phi) is 4.80. The molecule has 2 amide bonds. The molecule has 0 spiro atoms. The van der Waals surface area contributed by atoms with Crippen LogP contribution in [0.4, 0.5) is 5.69 Å². The van der Waals surface area contributed by atoms with E-state index in [0.717, 1.165) is 10.0 Å². The van der Waals surface area contributed by atoms with Crippen LogP contribution in [0.25, 0.3) is 6.08 Å². The third-order valence-electron chi connectivity index (χ3n) is 3.39. The monoisotopic (exact) mass is 420 g/mol. The van der Waals surface area contributed by atoms with Gasteiger partial charge in [-0.15, -0.1) is 0 Å². The van der Waals surface area contributed by atoms with Crippen molar-refractivity contribution in [1.82, 2.24) is 5.32 Å². The van der Waals surface area contributed by atoms with Gasteiger partial charge in [-0.2, -0.15) is 0 Å². The zero-order chi connectivity index (χ0) is 17.3. The van der Waals surface area contributed by atoms with Gasteiger partial charge in [-0.3, -0.25) is 19.8 Å². The maximum absolute atomic E-state index is 12.8. The van der Waals surface area contributed by atoms with Gasteiger partial charge in [0.1, 0.15) is 5.57 Å². The molecule has 1 heterocycles. The van der Waals surface area contributed by atoms with Crippen molar-refractivity contribution in [1.29, 1.82) is 0 Å². The van der Waals surface area contributed by atoms with Gasteiger partial charge in [0.05, 0.1) is 5.69 Å². The first-order valence-electron chi connectivity index (χ1n) is 6.89. The Morgan fingerprint density at radius 2 is 1.75 bits per heavy atom. The topological polar surface area (TPSA) is 49.4 Å². The Morgan fingerprint density at radius 1 is 1.08 bits per heavy atom. The fraction of sp³-hybridized carbons (Fsp3) is 0. The van der Waals surface area contributed by atoms with Crippen molar-refractivity contribution in [3.63, 3.8) is 0 Å². The number of carbonyl (C=O) groups is 2. The fourth-order valence-corrected chi connectivity index (χ4v) is 3.04. The standard InChI is InChI=1S/C17H10BrClN2O2S/c18-14-4-2-1-3-10(14)9-13-15(22)20-17(24)21(16(13)23)12-7-5-11(19)6-8-12/h1-9H,(H,20,22,24). The Morgan fingerprint density at radius 3 is 2.42 bits per heavy atom. The predicted molar refractivity (Wildman–Crippen MR) is 102 cm³/mol. The summed E-state index contributed by atoms with van der Waals surface area (Å²) in [5, 5.41) is 3.13. The second-order valence-corrected chi connectivity index (χ2v) is 6.63. The minimum Gasteiger partial charge on any atom is -0.298 e. The van der Waals surface area contributed by atoms with Crippen LogP contribution >= 0.6 is 39.7 Å². The number of carbonyl (C=O) groups excluding carboxylic acids is 2. The summed E-state index contributed by atoms with van der Waals surface area (Å²) >= 11 is 14.4. The highest BCUT2D eigenvalue weighted by atomic mass is 79.9. The molecule has 1 fully saturated rings. The van der Waals surface area contributed by atoms with Crippen molar-refractivity contribution in [2.45, 2.75) is 0 Å². The highest BCUT2D eigenvalue weighted by Gasteiger charge is 2.34. The van der Waals surface area contributed by atoms with Crippen LogP contribution in [0.3, 0.4) is 0 Å². The van der Waals surface area contributed by atoms with Crippen LogP contribution in [0.2, 0.25) is 5.02 Å². The van der Waals surface area contributed by atoms with Gasteiger partial charge >= 0.3 is 0 Å². The lowest BCUT2D eigenvalue weighted by Gasteiger charge is -2.29. The van der Waals surface area contributed by atoms with E-state index < -0.39 is 11.8 Å². The van der Waals surface area contributed by atoms with Gasteiger partial charge < -0.3 is 0 Å². The van der Waals surface area contributed by atoms with Gasteiger partial charge in [-0.1, -0.05) is 45.7 Å². The lowest BCUT2D eigenvalue weighted by Crippen LogP contribution is -2.54. The smallest absolute Gasteiger partial charge is 0.270 e. The average molecular weight is 422 g/mol. The Balaban J connectivity index is 2.03. The normalized spacial score (nSPS) is 16.5. The predicted octanol–water partition coefficient (Wildman–Crippen LogP) is 3.93. The van der Waals surface area contributed by atoms with Gasteiger partial charge in [-0.05, 0) is 54.2 Å². The van der Waals surface area contributed by atoms with Crippen LogP contribution < -0.4 is 10.2 Å². The maximum atomic E-state index is 12.8. The summed E-state index contributed by atoms with van der Waals surface area (Å²) in [6, 6.07) is 13.9. The van der Waals surface area contributed by atoms with E-state index in [1.807, 2.05) is 18.2 Å². The van der Waals surface area contributed by atoms with E-state index in [1.165, 1.54) is 11.0 Å². The van der Waals surface area contributed by atoms with Crippen molar-refractivity contribution in [3.05, 3.63) is 69.2 Å². The number of hydrogen-bond acceptors (Lipinski definition) is 3. The molecule has 120 valence electrons. The fourth-order valence-electron chi connectivity index (χ4n) is 2.23. The molecule has 0 unspecified atom stereocenters. The van der Waals surface area contributed by atoms with Gasteiger partial charge in [-0.25, -0.2) is 0 Å². The summed E-state index contributed by atoms with van der Waals surface area (Å²) in [7, 11) is 0. The van der Waals surface area contributed by atoms with Crippen LogP contribution in [0.15, 0.2) is 58.6 Å². The minimum absolute atomic E-state index is 0.00505. The highest BCUT2D eigenvalue weighted by molar-refractivity contribution is 9.10. The molecule has 0 aromatic heterocycles. The van der Waals surface area contributed by atoms with Crippen molar-refractivity contribution >= 4 is 68.4 Å². The number of hydrogen-bond donors (Lipinski definition) is 1. The van der Waals surface area contributed by atoms with E-state index in [0.29, 0.717) is 10.7 Å². The summed E-state index contributed by atoms with van der Waals surface area (Å²) in [5.74, 6) is -1.01. The molecule has 2 aromatic carbocycles. The lowest BCUT2D eigenvalue weighted by atomic mass is 10.1. The van der Waals surface area contributed by atoms with E-state index in [9.17, 15) is 9.59 Å². The summed E-state index contributed by atoms with van der Waals surface area (Å²) in [6.07, 6.45) is 1.53. The number of thiocarbonyl (C=S) groups is 1. The largest absolute Gasteiger partial charge is 0.298 e. The van der Waals surface area contributed by atoms with E-state index >= 15 is 0 Å². The molecule has 1 N–H and O–H groups in total. The first kappa shape index (κ1) is 16.8. The number of amides is 2. The van der Waals surface area contributed by atoms with Crippen LogP contribution in [0.5, 0.6) is 0 Å². The zero-order valence-corrected chi connectivity index (χ0v) is 15.3. The molecule has 0 aliphatic carbocycles. The van der Waals surface area contributed by atoms with E-state index in [4.69, 9.17) is 23.8 Å². The first-order chi connectivity index (χ1) is 11.5. The van der Waals surface area contributed by atoms with Gasteiger partial charge in [0.25, 0.3) is 11.8 Å². The number of rotatable bonds is 2. The lowest BCUT2D eigenvalue weighted by molar-refractivity contribution is -0.122. The molecule has 4 nitrogen and oxygen atoms in total. The van der Waals surface area contributed by atoms with E-state index in [2.05, 4.69) is 21.2 Å². The molecule has 0 saturated carbocycles. The Labute approximate surface area is 157 Å². The molecule has 0 atom stereocenters. The van der Waals surface area contributed by atoms with Gasteiger partial charge in [0.15, 0.2) is 5.11 Å². The Hall–Kier alpha value is -2.02. The van der Waals surface area contributed by atoms with E-state index in [1.54, 1.807) is 30.3 Å². The summed E-state index contributed by atoms with van der Waals surface area (Å²) in [6.45, 7) is 0. The van der Waals surface area contributed by atoms with Crippen molar-refractivity contribution in [3.8, 4) is 0 Å². The molecule has 0 bridgehead atoms.